The van der Waals surface area contributed by atoms with Crippen molar-refractivity contribution in [3.63, 3.8) is 0 Å². The number of Topliss-reactive ketones (excluding diaryl/α,β-unsaturated/α-hetero) is 1. The van der Waals surface area contributed by atoms with E-state index >= 15 is 0 Å². The lowest BCUT2D eigenvalue weighted by atomic mass is 10.1. The van der Waals surface area contributed by atoms with E-state index < -0.39 is 18.4 Å². The van der Waals surface area contributed by atoms with Gasteiger partial charge in [-0.2, -0.15) is 8.78 Å². The Morgan fingerprint density at radius 3 is 2.75 bits per heavy atom. The first-order chi connectivity index (χ1) is 7.56. The first kappa shape index (κ1) is 13.3. The molecule has 1 heterocycles. The molecule has 0 aromatic carbocycles. The Labute approximate surface area is 96.5 Å². The predicted octanol–water partition coefficient (Wildman–Crippen LogP) is 0.677. The van der Waals surface area contributed by atoms with Crippen molar-refractivity contribution in [1.29, 1.82) is 0 Å². The van der Waals surface area contributed by atoms with E-state index in [1.807, 2.05) is 0 Å². The molecule has 92 valence electrons. The molecule has 0 aromatic heterocycles. The van der Waals surface area contributed by atoms with Crippen molar-refractivity contribution >= 4 is 23.3 Å². The van der Waals surface area contributed by atoms with Crippen LogP contribution in [0, 0.1) is 0 Å². The average Bonchev–Trinajstić information content (AvgIpc) is 2.28. The Bertz CT molecular complexity index is 275. The van der Waals surface area contributed by atoms with Gasteiger partial charge in [0.15, 0.2) is 0 Å². The molecule has 0 aliphatic carbocycles. The Hall–Kier alpha value is -0.750. The van der Waals surface area contributed by atoms with Crippen LogP contribution in [0.4, 0.5) is 8.78 Å². The summed E-state index contributed by atoms with van der Waals surface area (Å²) in [5.74, 6) is -1.73. The van der Waals surface area contributed by atoms with Gasteiger partial charge in [-0.05, 0) is 0 Å². The predicted molar refractivity (Wildman–Crippen MR) is 52.7 cm³/mol. The average molecular weight is 256 g/mol. The molecule has 0 radical (unpaired) electrons. The Morgan fingerprint density at radius 1 is 1.50 bits per heavy atom. The molecule has 0 aromatic rings. The normalized spacial score (nSPS) is 21.2. The number of hydrogen-bond donors (Lipinski definition) is 0. The lowest BCUT2D eigenvalue weighted by molar-refractivity contribution is -0.152. The number of rotatable bonds is 4. The quantitative estimate of drug-likeness (QED) is 0.694. The van der Waals surface area contributed by atoms with Gasteiger partial charge in [-0.15, -0.1) is 11.6 Å². The Balaban J connectivity index is 2.63. The van der Waals surface area contributed by atoms with Crippen molar-refractivity contribution in [2.24, 2.45) is 0 Å². The van der Waals surface area contributed by atoms with Gasteiger partial charge in [0, 0.05) is 13.0 Å². The number of hydrogen-bond acceptors (Lipinski definition) is 3. The third-order valence-electron chi connectivity index (χ3n) is 2.31. The smallest absolute Gasteiger partial charge is 0.315 e. The minimum absolute atomic E-state index is 0.0397. The van der Waals surface area contributed by atoms with E-state index in [0.29, 0.717) is 0 Å². The van der Waals surface area contributed by atoms with Gasteiger partial charge in [-0.3, -0.25) is 9.59 Å². The van der Waals surface area contributed by atoms with E-state index in [-0.39, 0.29) is 37.8 Å². The topological polar surface area (TPSA) is 46.6 Å². The van der Waals surface area contributed by atoms with Crippen LogP contribution in [0.15, 0.2) is 0 Å². The molecular formula is C9H12ClF2NO3. The molecule has 0 saturated carbocycles. The molecule has 0 N–H and O–H groups in total. The van der Waals surface area contributed by atoms with Crippen LogP contribution in [0.1, 0.15) is 6.42 Å². The Kier molecular flexibility index (Phi) is 5.08. The lowest BCUT2D eigenvalue weighted by Crippen LogP contribution is -2.51. The molecule has 1 fully saturated rings. The highest BCUT2D eigenvalue weighted by Gasteiger charge is 2.32. The molecule has 1 atom stereocenters. The monoisotopic (exact) mass is 255 g/mol. The van der Waals surface area contributed by atoms with Gasteiger partial charge in [0.05, 0.1) is 25.1 Å². The minimum Gasteiger partial charge on any atom is -0.377 e. The fourth-order valence-corrected chi connectivity index (χ4v) is 1.67. The van der Waals surface area contributed by atoms with Crippen LogP contribution in [0.5, 0.6) is 0 Å². The van der Waals surface area contributed by atoms with Crippen molar-refractivity contribution in [1.82, 2.24) is 4.90 Å². The zero-order valence-electron chi connectivity index (χ0n) is 8.50. The number of ketones is 1. The summed E-state index contributed by atoms with van der Waals surface area (Å²) < 4.78 is 29.6. The van der Waals surface area contributed by atoms with Crippen LogP contribution in [0.2, 0.25) is 0 Å². The van der Waals surface area contributed by atoms with Gasteiger partial charge in [-0.25, -0.2) is 0 Å². The number of halogens is 3. The zero-order chi connectivity index (χ0) is 12.1. The van der Waals surface area contributed by atoms with Crippen molar-refractivity contribution in [3.8, 4) is 0 Å². The highest BCUT2D eigenvalue weighted by Crippen LogP contribution is 2.14. The SMILES string of the molecule is O=C(CCl)CC1COCCN1C(=O)C(F)F. The molecule has 1 saturated heterocycles. The standard InChI is InChI=1S/C9H12ClF2NO3/c10-4-7(14)3-6-5-16-2-1-13(6)9(15)8(11)12/h6,8H,1-5H2. The number of carbonyl (C=O) groups excluding carboxylic acids is 2. The van der Waals surface area contributed by atoms with Crippen molar-refractivity contribution in [2.75, 3.05) is 25.6 Å². The van der Waals surface area contributed by atoms with E-state index in [2.05, 4.69) is 0 Å². The fourth-order valence-electron chi connectivity index (χ4n) is 1.56. The maximum atomic E-state index is 12.3. The molecular weight excluding hydrogens is 244 g/mol. The van der Waals surface area contributed by atoms with Gasteiger partial charge in [-0.1, -0.05) is 0 Å². The molecule has 0 spiro atoms. The van der Waals surface area contributed by atoms with Crippen LogP contribution in [0.25, 0.3) is 0 Å². The molecule has 1 rings (SSSR count). The third-order valence-corrected chi connectivity index (χ3v) is 2.61. The minimum atomic E-state index is -3.05. The van der Waals surface area contributed by atoms with Crippen molar-refractivity contribution in [3.05, 3.63) is 0 Å². The molecule has 1 amide bonds. The molecule has 7 heteroatoms. The molecule has 1 aliphatic heterocycles. The first-order valence-corrected chi connectivity index (χ1v) is 5.33. The maximum Gasteiger partial charge on any atom is 0.315 e. The largest absolute Gasteiger partial charge is 0.377 e. The van der Waals surface area contributed by atoms with Crippen molar-refractivity contribution < 1.29 is 23.1 Å². The van der Waals surface area contributed by atoms with Gasteiger partial charge in [0.25, 0.3) is 5.91 Å². The third kappa shape index (κ3) is 3.38. The summed E-state index contributed by atoms with van der Waals surface area (Å²) in [7, 11) is 0. The van der Waals surface area contributed by atoms with E-state index in [0.717, 1.165) is 4.90 Å². The first-order valence-electron chi connectivity index (χ1n) is 4.80. The second kappa shape index (κ2) is 6.10. The number of nitrogens with zero attached hydrogens (tertiary/aromatic N) is 1. The molecule has 16 heavy (non-hydrogen) atoms. The van der Waals surface area contributed by atoms with E-state index in [4.69, 9.17) is 16.3 Å². The van der Waals surface area contributed by atoms with Gasteiger partial charge >= 0.3 is 6.43 Å². The summed E-state index contributed by atoms with van der Waals surface area (Å²) in [4.78, 5) is 23.3. The fraction of sp³-hybridized carbons (Fsp3) is 0.778. The summed E-state index contributed by atoms with van der Waals surface area (Å²) in [6, 6.07) is -0.624. The van der Waals surface area contributed by atoms with Crippen LogP contribution < -0.4 is 0 Å². The summed E-state index contributed by atoms with van der Waals surface area (Å²) >= 11 is 5.32. The lowest BCUT2D eigenvalue weighted by Gasteiger charge is -2.34. The summed E-state index contributed by atoms with van der Waals surface area (Å²) in [5.41, 5.74) is 0. The van der Waals surface area contributed by atoms with E-state index in [1.165, 1.54) is 0 Å². The molecule has 1 unspecified atom stereocenters. The van der Waals surface area contributed by atoms with E-state index in [1.54, 1.807) is 0 Å². The number of ether oxygens (including phenoxy) is 1. The maximum absolute atomic E-state index is 12.3. The number of amides is 1. The van der Waals surface area contributed by atoms with E-state index in [9.17, 15) is 18.4 Å². The highest BCUT2D eigenvalue weighted by atomic mass is 35.5. The number of alkyl halides is 3. The summed E-state index contributed by atoms with van der Waals surface area (Å²) in [5, 5.41) is 0. The Morgan fingerprint density at radius 2 is 2.19 bits per heavy atom. The van der Waals surface area contributed by atoms with Gasteiger partial charge in [0.2, 0.25) is 0 Å². The van der Waals surface area contributed by atoms with Gasteiger partial charge < -0.3 is 9.64 Å². The van der Waals surface area contributed by atoms with Crippen LogP contribution in [0.3, 0.4) is 0 Å². The summed E-state index contributed by atoms with van der Waals surface area (Å²) in [6.07, 6.45) is -3.09. The number of carbonyl (C=O) groups is 2. The molecule has 4 nitrogen and oxygen atoms in total. The molecule has 1 aliphatic rings. The van der Waals surface area contributed by atoms with Crippen LogP contribution in [-0.2, 0) is 14.3 Å². The second-order valence-electron chi connectivity index (χ2n) is 3.44. The van der Waals surface area contributed by atoms with Crippen LogP contribution in [-0.4, -0.2) is 54.7 Å². The van der Waals surface area contributed by atoms with Crippen LogP contribution >= 0.6 is 11.6 Å². The zero-order valence-corrected chi connectivity index (χ0v) is 9.25. The highest BCUT2D eigenvalue weighted by molar-refractivity contribution is 6.27. The number of morpholine rings is 1. The second-order valence-corrected chi connectivity index (χ2v) is 3.70. The van der Waals surface area contributed by atoms with Crippen molar-refractivity contribution in [2.45, 2.75) is 18.9 Å². The summed E-state index contributed by atoms with van der Waals surface area (Å²) in [6.45, 7) is 0.397. The van der Waals surface area contributed by atoms with Gasteiger partial charge in [0.1, 0.15) is 5.78 Å². The molecule has 0 bridgehead atoms.